The van der Waals surface area contributed by atoms with Gasteiger partial charge >= 0.3 is 0 Å². The lowest BCUT2D eigenvalue weighted by molar-refractivity contribution is 0.648. The number of benzene rings is 1. The molecule has 1 saturated heterocycles. The molecule has 0 aromatic heterocycles. The lowest BCUT2D eigenvalue weighted by Crippen LogP contribution is -2.12. The molecule has 1 aromatic rings. The second-order valence-electron chi connectivity index (χ2n) is 3.06. The Morgan fingerprint density at radius 3 is 2.50 bits per heavy atom. The zero-order valence-corrected chi connectivity index (χ0v) is 7.81. The van der Waals surface area contributed by atoms with E-state index in [4.69, 9.17) is 0 Å². The van der Waals surface area contributed by atoms with Crippen LogP contribution in [-0.2, 0) is 0 Å². The molecule has 1 heterocycles. The molecule has 2 heteroatoms. The topological polar surface area (TPSA) is 12.0 Å². The monoisotopic (exact) mass is 183 g/mol. The Morgan fingerprint density at radius 2 is 1.92 bits per heavy atom. The molecule has 12 heavy (non-hydrogen) atoms. The summed E-state index contributed by atoms with van der Waals surface area (Å²) in [6, 6.07) is 11.3. The summed E-state index contributed by atoms with van der Waals surface area (Å²) >= 11 is 0. The molecular weight excluding hydrogens is 170 g/mol. The van der Waals surface area contributed by atoms with Crippen LogP contribution in [0.15, 0.2) is 30.3 Å². The van der Waals surface area contributed by atoms with Gasteiger partial charge < -0.3 is 5.32 Å². The number of hydrogen-bond acceptors (Lipinski definition) is 1. The van der Waals surface area contributed by atoms with Crippen molar-refractivity contribution in [3.05, 3.63) is 35.9 Å². The lowest BCUT2D eigenvalue weighted by atomic mass is 10.1. The molecule has 1 nitrogen and oxygen atoms in total. The molecule has 0 saturated carbocycles. The van der Waals surface area contributed by atoms with Crippen molar-refractivity contribution in [2.24, 2.45) is 0 Å². The Hall–Kier alpha value is -0.530. The van der Waals surface area contributed by atoms with Crippen molar-refractivity contribution in [3.8, 4) is 0 Å². The molecule has 0 aliphatic carbocycles. The molecule has 0 spiro atoms. The van der Waals surface area contributed by atoms with Gasteiger partial charge in [0.2, 0.25) is 0 Å². The Kier molecular flexibility index (Phi) is 3.57. The third-order valence-electron chi connectivity index (χ3n) is 2.26. The largest absolute Gasteiger partial charge is 0.310 e. The van der Waals surface area contributed by atoms with Crippen LogP contribution in [0.5, 0.6) is 0 Å². The molecule has 1 aromatic carbocycles. The highest BCUT2D eigenvalue weighted by atomic mass is 35.5. The molecule has 1 fully saturated rings. The minimum Gasteiger partial charge on any atom is -0.310 e. The SMILES string of the molecule is Cl.c1ccc(C2CCCN2)cc1. The van der Waals surface area contributed by atoms with Crippen molar-refractivity contribution >= 4 is 12.4 Å². The summed E-state index contributed by atoms with van der Waals surface area (Å²) in [6.45, 7) is 1.18. The maximum absolute atomic E-state index is 3.47. The van der Waals surface area contributed by atoms with Crippen LogP contribution in [0.3, 0.4) is 0 Å². The molecule has 1 N–H and O–H groups in total. The first-order valence-corrected chi connectivity index (χ1v) is 4.25. The number of nitrogens with one attached hydrogen (secondary N) is 1. The fraction of sp³-hybridized carbons (Fsp3) is 0.400. The van der Waals surface area contributed by atoms with Gasteiger partial charge in [-0.25, -0.2) is 0 Å². The van der Waals surface area contributed by atoms with Gasteiger partial charge in [-0.3, -0.25) is 0 Å². The highest BCUT2D eigenvalue weighted by Gasteiger charge is 2.14. The summed E-state index contributed by atoms with van der Waals surface area (Å²) in [5, 5.41) is 3.47. The molecular formula is C10H14ClN. The van der Waals surface area contributed by atoms with Crippen LogP contribution in [0.4, 0.5) is 0 Å². The summed E-state index contributed by atoms with van der Waals surface area (Å²) in [7, 11) is 0. The van der Waals surface area contributed by atoms with Gasteiger partial charge in [-0.2, -0.15) is 0 Å². The number of rotatable bonds is 1. The van der Waals surface area contributed by atoms with Crippen LogP contribution in [0.25, 0.3) is 0 Å². The molecule has 1 aliphatic rings. The number of halogens is 1. The van der Waals surface area contributed by atoms with E-state index in [0.29, 0.717) is 6.04 Å². The van der Waals surface area contributed by atoms with Gasteiger partial charge in [0.05, 0.1) is 0 Å². The number of hydrogen-bond donors (Lipinski definition) is 1. The maximum atomic E-state index is 3.47. The van der Waals surface area contributed by atoms with Crippen molar-refractivity contribution in [2.45, 2.75) is 18.9 Å². The third kappa shape index (κ3) is 1.99. The molecule has 1 aliphatic heterocycles. The molecule has 0 bridgehead atoms. The van der Waals surface area contributed by atoms with Gasteiger partial charge in [-0.15, -0.1) is 12.4 Å². The van der Waals surface area contributed by atoms with Crippen LogP contribution < -0.4 is 5.32 Å². The molecule has 2 rings (SSSR count). The van der Waals surface area contributed by atoms with E-state index in [1.165, 1.54) is 24.9 Å². The lowest BCUT2D eigenvalue weighted by Gasteiger charge is -2.08. The van der Waals surface area contributed by atoms with Crippen LogP contribution in [0.1, 0.15) is 24.4 Å². The second kappa shape index (κ2) is 4.48. The van der Waals surface area contributed by atoms with Gasteiger partial charge in [0, 0.05) is 6.04 Å². The van der Waals surface area contributed by atoms with Crippen LogP contribution in [0.2, 0.25) is 0 Å². The Morgan fingerprint density at radius 1 is 1.17 bits per heavy atom. The first kappa shape index (κ1) is 9.56. The minimum absolute atomic E-state index is 0. The van der Waals surface area contributed by atoms with Crippen molar-refractivity contribution < 1.29 is 0 Å². The summed E-state index contributed by atoms with van der Waals surface area (Å²) in [5.41, 5.74) is 1.44. The van der Waals surface area contributed by atoms with Crippen LogP contribution >= 0.6 is 12.4 Å². The average molecular weight is 184 g/mol. The average Bonchev–Trinajstić information content (AvgIpc) is 2.58. The van der Waals surface area contributed by atoms with Gasteiger partial charge in [0.25, 0.3) is 0 Å². The zero-order chi connectivity index (χ0) is 7.52. The van der Waals surface area contributed by atoms with Gasteiger partial charge in [0.1, 0.15) is 0 Å². The normalized spacial score (nSPS) is 21.8. The minimum atomic E-state index is 0. The predicted molar refractivity (Wildman–Crippen MR) is 53.7 cm³/mol. The van der Waals surface area contributed by atoms with Gasteiger partial charge in [-0.05, 0) is 24.9 Å². The van der Waals surface area contributed by atoms with Crippen molar-refractivity contribution in [1.29, 1.82) is 0 Å². The zero-order valence-electron chi connectivity index (χ0n) is 6.99. The molecule has 0 radical (unpaired) electrons. The van der Waals surface area contributed by atoms with Gasteiger partial charge in [-0.1, -0.05) is 30.3 Å². The summed E-state index contributed by atoms with van der Waals surface area (Å²) < 4.78 is 0. The molecule has 1 unspecified atom stereocenters. The molecule has 1 atom stereocenters. The van der Waals surface area contributed by atoms with Crippen LogP contribution in [0, 0.1) is 0 Å². The van der Waals surface area contributed by atoms with E-state index in [1.54, 1.807) is 0 Å². The van der Waals surface area contributed by atoms with Crippen molar-refractivity contribution in [3.63, 3.8) is 0 Å². The second-order valence-corrected chi connectivity index (χ2v) is 3.06. The third-order valence-corrected chi connectivity index (χ3v) is 2.26. The van der Waals surface area contributed by atoms with E-state index in [9.17, 15) is 0 Å². The Labute approximate surface area is 79.6 Å². The van der Waals surface area contributed by atoms with E-state index in [-0.39, 0.29) is 12.4 Å². The summed E-state index contributed by atoms with van der Waals surface area (Å²) in [5.74, 6) is 0. The fourth-order valence-corrected chi connectivity index (χ4v) is 1.65. The first-order valence-electron chi connectivity index (χ1n) is 4.25. The summed E-state index contributed by atoms with van der Waals surface area (Å²) in [6.07, 6.45) is 2.61. The Bertz CT molecular complexity index is 217. The van der Waals surface area contributed by atoms with E-state index in [1.807, 2.05) is 0 Å². The summed E-state index contributed by atoms with van der Waals surface area (Å²) in [4.78, 5) is 0. The van der Waals surface area contributed by atoms with Crippen molar-refractivity contribution in [2.75, 3.05) is 6.54 Å². The predicted octanol–water partition coefficient (Wildman–Crippen LogP) is 2.53. The maximum Gasteiger partial charge on any atom is 0.0320 e. The first-order chi connectivity index (χ1) is 5.47. The van der Waals surface area contributed by atoms with E-state index in [0.717, 1.165) is 0 Å². The van der Waals surface area contributed by atoms with E-state index >= 15 is 0 Å². The van der Waals surface area contributed by atoms with Gasteiger partial charge in [0.15, 0.2) is 0 Å². The van der Waals surface area contributed by atoms with Crippen LogP contribution in [-0.4, -0.2) is 6.54 Å². The fourth-order valence-electron chi connectivity index (χ4n) is 1.65. The van der Waals surface area contributed by atoms with Crippen molar-refractivity contribution in [1.82, 2.24) is 5.32 Å². The standard InChI is InChI=1S/C10H13N.ClH/c1-2-5-9(6-3-1)10-7-4-8-11-10;/h1-3,5-6,10-11H,4,7-8H2;1H. The van der Waals surface area contributed by atoms with E-state index in [2.05, 4.69) is 35.6 Å². The molecule has 0 amide bonds. The Balaban J connectivity index is 0.000000720. The van der Waals surface area contributed by atoms with E-state index < -0.39 is 0 Å². The molecule has 66 valence electrons. The quantitative estimate of drug-likeness (QED) is 0.706. The smallest absolute Gasteiger partial charge is 0.0320 e. The highest BCUT2D eigenvalue weighted by molar-refractivity contribution is 5.85. The highest BCUT2D eigenvalue weighted by Crippen LogP contribution is 2.21.